The van der Waals surface area contributed by atoms with Crippen molar-refractivity contribution in [1.82, 2.24) is 0 Å². The van der Waals surface area contributed by atoms with E-state index in [0.717, 1.165) is 6.42 Å². The minimum Gasteiger partial charge on any atom is -0.490 e. The second kappa shape index (κ2) is 7.60. The minimum atomic E-state index is -3.49. The molecule has 108 valence electrons. The summed E-state index contributed by atoms with van der Waals surface area (Å²) in [5.41, 5.74) is 0. The van der Waals surface area contributed by atoms with Crippen molar-refractivity contribution in [2.24, 2.45) is 5.92 Å². The van der Waals surface area contributed by atoms with Gasteiger partial charge in [0, 0.05) is 16.6 Å². The van der Waals surface area contributed by atoms with Crippen LogP contribution in [-0.2, 0) is 9.05 Å². The molecule has 1 aromatic rings. The van der Waals surface area contributed by atoms with Gasteiger partial charge < -0.3 is 9.47 Å². The molecule has 4 nitrogen and oxygen atoms in total. The first-order valence-corrected chi connectivity index (χ1v) is 8.67. The first-order valence-electron chi connectivity index (χ1n) is 6.19. The Morgan fingerprint density at radius 2 is 1.79 bits per heavy atom. The van der Waals surface area contributed by atoms with Gasteiger partial charge in [-0.05, 0) is 18.6 Å². The summed E-state index contributed by atoms with van der Waals surface area (Å²) >= 11 is 0. The fraction of sp³-hybridized carbons (Fsp3) is 0.538. The van der Waals surface area contributed by atoms with Crippen LogP contribution in [0.2, 0.25) is 0 Å². The lowest BCUT2D eigenvalue weighted by molar-refractivity contribution is 0.244. The maximum atomic E-state index is 10.9. The number of rotatable bonds is 8. The third-order valence-corrected chi connectivity index (χ3v) is 3.66. The van der Waals surface area contributed by atoms with Gasteiger partial charge in [0.15, 0.2) is 11.5 Å². The van der Waals surface area contributed by atoms with Crippen LogP contribution in [-0.4, -0.2) is 27.4 Å². The lowest BCUT2D eigenvalue weighted by Crippen LogP contribution is -2.16. The second-order valence-corrected chi connectivity index (χ2v) is 7.24. The Morgan fingerprint density at radius 1 is 1.21 bits per heavy atom. The summed E-state index contributed by atoms with van der Waals surface area (Å²) in [6.07, 6.45) is 0.912. The molecule has 0 N–H and O–H groups in total. The van der Waals surface area contributed by atoms with E-state index >= 15 is 0 Å². The number of hydrogen-bond acceptors (Lipinski definition) is 4. The quantitative estimate of drug-likeness (QED) is 0.693. The van der Waals surface area contributed by atoms with E-state index in [0.29, 0.717) is 18.1 Å². The smallest absolute Gasteiger partial charge is 0.232 e. The molecule has 0 aliphatic carbocycles. The summed E-state index contributed by atoms with van der Waals surface area (Å²) in [5.74, 6) is 1.01. The van der Waals surface area contributed by atoms with Gasteiger partial charge >= 0.3 is 0 Å². The van der Waals surface area contributed by atoms with E-state index in [2.05, 4.69) is 0 Å². The van der Waals surface area contributed by atoms with Gasteiger partial charge in [0.05, 0.1) is 19.0 Å². The summed E-state index contributed by atoms with van der Waals surface area (Å²) < 4.78 is 33.0. The van der Waals surface area contributed by atoms with Crippen molar-refractivity contribution >= 4 is 19.7 Å². The van der Waals surface area contributed by atoms with Crippen LogP contribution in [0, 0.1) is 5.92 Å². The summed E-state index contributed by atoms with van der Waals surface area (Å²) in [6.45, 7) is 4.69. The Bertz CT molecular complexity index is 487. The highest BCUT2D eigenvalue weighted by Crippen LogP contribution is 2.27. The number of hydrogen-bond donors (Lipinski definition) is 0. The van der Waals surface area contributed by atoms with Crippen molar-refractivity contribution in [1.29, 1.82) is 0 Å². The molecule has 0 radical (unpaired) electrons. The third kappa shape index (κ3) is 6.68. The average Bonchev–Trinajstić information content (AvgIpc) is 2.32. The third-order valence-electron chi connectivity index (χ3n) is 2.32. The van der Waals surface area contributed by atoms with E-state index in [1.807, 2.05) is 25.1 Å². The molecule has 0 aliphatic heterocycles. The van der Waals surface area contributed by atoms with Crippen LogP contribution < -0.4 is 9.47 Å². The van der Waals surface area contributed by atoms with Gasteiger partial charge in [-0.25, -0.2) is 8.42 Å². The SMILES string of the molecule is CCCOc1ccccc1OCC(C)CS(=O)(=O)Cl. The molecule has 1 rings (SSSR count). The van der Waals surface area contributed by atoms with Gasteiger partial charge in [0.1, 0.15) is 0 Å². The van der Waals surface area contributed by atoms with Crippen LogP contribution in [0.3, 0.4) is 0 Å². The van der Waals surface area contributed by atoms with Gasteiger partial charge in [-0.3, -0.25) is 0 Å². The van der Waals surface area contributed by atoms with Crippen molar-refractivity contribution in [2.75, 3.05) is 19.0 Å². The molecule has 0 aromatic heterocycles. The maximum absolute atomic E-state index is 10.9. The minimum absolute atomic E-state index is 0.105. The van der Waals surface area contributed by atoms with Crippen LogP contribution in [0.4, 0.5) is 0 Å². The molecule has 0 bridgehead atoms. The molecule has 0 spiro atoms. The van der Waals surface area contributed by atoms with E-state index < -0.39 is 9.05 Å². The number of para-hydroxylation sites is 2. The van der Waals surface area contributed by atoms with E-state index in [-0.39, 0.29) is 18.3 Å². The highest BCUT2D eigenvalue weighted by molar-refractivity contribution is 8.13. The Labute approximate surface area is 119 Å². The largest absolute Gasteiger partial charge is 0.490 e. The van der Waals surface area contributed by atoms with Crippen molar-refractivity contribution in [2.45, 2.75) is 20.3 Å². The lowest BCUT2D eigenvalue weighted by Gasteiger charge is -2.14. The van der Waals surface area contributed by atoms with Crippen LogP contribution in [0.5, 0.6) is 11.5 Å². The number of benzene rings is 1. The summed E-state index contributed by atoms with van der Waals surface area (Å²) in [6, 6.07) is 7.34. The van der Waals surface area contributed by atoms with Gasteiger partial charge in [-0.1, -0.05) is 26.0 Å². The Hall–Kier alpha value is -0.940. The topological polar surface area (TPSA) is 52.6 Å². The normalized spacial score (nSPS) is 13.0. The zero-order valence-corrected chi connectivity index (χ0v) is 12.7. The van der Waals surface area contributed by atoms with Crippen molar-refractivity contribution < 1.29 is 17.9 Å². The number of halogens is 1. The van der Waals surface area contributed by atoms with E-state index in [1.54, 1.807) is 13.0 Å². The zero-order chi connectivity index (χ0) is 14.3. The van der Waals surface area contributed by atoms with Gasteiger partial charge in [0.2, 0.25) is 9.05 Å². The van der Waals surface area contributed by atoms with Gasteiger partial charge in [0.25, 0.3) is 0 Å². The first-order chi connectivity index (χ1) is 8.92. The maximum Gasteiger partial charge on any atom is 0.232 e. The zero-order valence-electron chi connectivity index (χ0n) is 11.1. The highest BCUT2D eigenvalue weighted by Gasteiger charge is 2.14. The van der Waals surface area contributed by atoms with Crippen LogP contribution >= 0.6 is 10.7 Å². The number of ether oxygens (including phenoxy) is 2. The fourth-order valence-electron chi connectivity index (χ4n) is 1.52. The molecule has 0 fully saturated rings. The molecular weight excluding hydrogens is 288 g/mol. The van der Waals surface area contributed by atoms with Gasteiger partial charge in [-0.15, -0.1) is 0 Å². The van der Waals surface area contributed by atoms with Crippen molar-refractivity contribution in [3.63, 3.8) is 0 Å². The molecule has 0 saturated heterocycles. The molecular formula is C13H19ClO4S. The lowest BCUT2D eigenvalue weighted by atomic mass is 10.2. The molecule has 0 amide bonds. The highest BCUT2D eigenvalue weighted by atomic mass is 35.7. The molecule has 0 heterocycles. The monoisotopic (exact) mass is 306 g/mol. The van der Waals surface area contributed by atoms with Crippen molar-refractivity contribution in [3.05, 3.63) is 24.3 Å². The molecule has 1 aromatic carbocycles. The average molecular weight is 307 g/mol. The summed E-state index contributed by atoms with van der Waals surface area (Å²) in [5, 5.41) is 0. The van der Waals surface area contributed by atoms with E-state index in [1.165, 1.54) is 0 Å². The van der Waals surface area contributed by atoms with Gasteiger partial charge in [-0.2, -0.15) is 0 Å². The van der Waals surface area contributed by atoms with Crippen LogP contribution in [0.1, 0.15) is 20.3 Å². The standard InChI is InChI=1S/C13H19ClO4S/c1-3-8-17-12-6-4-5-7-13(12)18-9-11(2)10-19(14,15)16/h4-7,11H,3,8-10H2,1-2H3. The Balaban J connectivity index is 2.57. The predicted molar refractivity (Wildman–Crippen MR) is 76.5 cm³/mol. The first kappa shape index (κ1) is 16.1. The molecule has 0 aliphatic rings. The molecule has 6 heteroatoms. The summed E-state index contributed by atoms with van der Waals surface area (Å²) in [4.78, 5) is 0. The molecule has 19 heavy (non-hydrogen) atoms. The van der Waals surface area contributed by atoms with Crippen molar-refractivity contribution in [3.8, 4) is 11.5 Å². The van der Waals surface area contributed by atoms with E-state index in [9.17, 15) is 8.42 Å². The molecule has 1 unspecified atom stereocenters. The Kier molecular flexibility index (Phi) is 6.45. The van der Waals surface area contributed by atoms with E-state index in [4.69, 9.17) is 20.2 Å². The summed E-state index contributed by atoms with van der Waals surface area (Å²) in [7, 11) is 1.71. The predicted octanol–water partition coefficient (Wildman–Crippen LogP) is 3.06. The fourth-order valence-corrected chi connectivity index (χ4v) is 2.94. The molecule has 1 atom stereocenters. The van der Waals surface area contributed by atoms with Crippen LogP contribution in [0.25, 0.3) is 0 Å². The Morgan fingerprint density at radius 3 is 2.32 bits per heavy atom. The second-order valence-electron chi connectivity index (χ2n) is 4.42. The van der Waals surface area contributed by atoms with Crippen LogP contribution in [0.15, 0.2) is 24.3 Å². The molecule has 0 saturated carbocycles.